The molecule has 1 atom stereocenters. The highest BCUT2D eigenvalue weighted by molar-refractivity contribution is 9.10. The first-order chi connectivity index (χ1) is 8.49. The molecule has 0 aliphatic heterocycles. The van der Waals surface area contributed by atoms with Crippen molar-refractivity contribution >= 4 is 27.3 Å². The summed E-state index contributed by atoms with van der Waals surface area (Å²) in [5, 5.41) is 14.4. The van der Waals surface area contributed by atoms with Gasteiger partial charge in [0, 0.05) is 26.7 Å². The van der Waals surface area contributed by atoms with Gasteiger partial charge in [0.2, 0.25) is 0 Å². The van der Waals surface area contributed by atoms with Crippen molar-refractivity contribution in [2.24, 2.45) is 0 Å². The average molecular weight is 330 g/mol. The summed E-state index contributed by atoms with van der Waals surface area (Å²) in [5.74, 6) is 0.819. The molecule has 2 aromatic rings. The number of nitrogens with zero attached hydrogens (tertiary/aromatic N) is 3. The number of hydrogen-bond acceptors (Lipinski definition) is 4. The molecule has 1 unspecified atom stereocenters. The fourth-order valence-electron chi connectivity index (χ4n) is 1.77. The molecule has 0 fully saturated rings. The van der Waals surface area contributed by atoms with Crippen LogP contribution in [0.4, 0.5) is 0 Å². The van der Waals surface area contributed by atoms with Gasteiger partial charge in [-0.15, -0.1) is 11.3 Å². The van der Waals surface area contributed by atoms with Crippen LogP contribution in [0, 0.1) is 6.92 Å². The first-order valence-electron chi connectivity index (χ1n) is 5.81. The van der Waals surface area contributed by atoms with Crippen LogP contribution in [0.2, 0.25) is 0 Å². The minimum absolute atomic E-state index is 0.256. The largest absolute Gasteiger partial charge is 0.387 e. The van der Waals surface area contributed by atoms with Crippen LogP contribution in [0.5, 0.6) is 0 Å². The Bertz CT molecular complexity index is 516. The molecule has 2 heterocycles. The Morgan fingerprint density at radius 3 is 2.78 bits per heavy atom. The zero-order valence-electron chi connectivity index (χ0n) is 10.6. The normalized spacial score (nSPS) is 13.2. The molecule has 2 rings (SSSR count). The summed E-state index contributed by atoms with van der Waals surface area (Å²) in [6.07, 6.45) is 1.50. The number of aromatic nitrogens is 3. The van der Waals surface area contributed by atoms with E-state index in [1.807, 2.05) is 17.7 Å². The molecule has 0 spiro atoms. The Labute approximate surface area is 119 Å². The SMILES string of the molecule is Cc1sc(C(O)Cc2ncnn2C(C)C)cc1Br. The van der Waals surface area contributed by atoms with Crippen molar-refractivity contribution in [1.29, 1.82) is 0 Å². The predicted molar refractivity (Wildman–Crippen MR) is 75.8 cm³/mol. The van der Waals surface area contributed by atoms with Gasteiger partial charge in [0.1, 0.15) is 12.2 Å². The van der Waals surface area contributed by atoms with Crippen LogP contribution in [-0.2, 0) is 6.42 Å². The third-order valence-electron chi connectivity index (χ3n) is 2.72. The summed E-state index contributed by atoms with van der Waals surface area (Å²) in [6, 6.07) is 2.23. The van der Waals surface area contributed by atoms with Gasteiger partial charge in [-0.3, -0.25) is 0 Å². The number of aryl methyl sites for hydroxylation is 1. The lowest BCUT2D eigenvalue weighted by atomic mass is 10.2. The Kier molecular flexibility index (Phi) is 4.19. The van der Waals surface area contributed by atoms with E-state index in [2.05, 4.69) is 39.9 Å². The quantitative estimate of drug-likeness (QED) is 0.936. The maximum atomic E-state index is 10.2. The summed E-state index contributed by atoms with van der Waals surface area (Å²) >= 11 is 5.07. The summed E-state index contributed by atoms with van der Waals surface area (Å²) in [7, 11) is 0. The molecule has 0 saturated carbocycles. The van der Waals surface area contributed by atoms with Crippen molar-refractivity contribution in [3.8, 4) is 0 Å². The predicted octanol–water partition coefficient (Wildman–Crippen LogP) is 3.27. The minimum Gasteiger partial charge on any atom is -0.387 e. The molecule has 0 aromatic carbocycles. The van der Waals surface area contributed by atoms with E-state index in [1.54, 1.807) is 11.3 Å². The Hall–Kier alpha value is -0.720. The fourth-order valence-corrected chi connectivity index (χ4v) is 3.32. The molecule has 98 valence electrons. The fraction of sp³-hybridized carbons (Fsp3) is 0.500. The molecule has 0 radical (unpaired) electrons. The summed E-state index contributed by atoms with van der Waals surface area (Å²) < 4.78 is 2.89. The van der Waals surface area contributed by atoms with Crippen molar-refractivity contribution in [1.82, 2.24) is 14.8 Å². The van der Waals surface area contributed by atoms with Crippen LogP contribution in [-0.4, -0.2) is 19.9 Å². The molecule has 1 N–H and O–H groups in total. The van der Waals surface area contributed by atoms with E-state index in [0.29, 0.717) is 6.42 Å². The monoisotopic (exact) mass is 329 g/mol. The zero-order valence-corrected chi connectivity index (χ0v) is 13.0. The van der Waals surface area contributed by atoms with Gasteiger partial charge in [-0.1, -0.05) is 0 Å². The lowest BCUT2D eigenvalue weighted by Crippen LogP contribution is -2.11. The lowest BCUT2D eigenvalue weighted by molar-refractivity contribution is 0.177. The van der Waals surface area contributed by atoms with Crippen LogP contribution >= 0.6 is 27.3 Å². The van der Waals surface area contributed by atoms with E-state index in [-0.39, 0.29) is 6.04 Å². The second-order valence-electron chi connectivity index (χ2n) is 4.49. The van der Waals surface area contributed by atoms with E-state index in [4.69, 9.17) is 0 Å². The van der Waals surface area contributed by atoms with Crippen LogP contribution in [0.1, 0.15) is 41.6 Å². The number of halogens is 1. The lowest BCUT2D eigenvalue weighted by Gasteiger charge is -2.12. The van der Waals surface area contributed by atoms with Crippen molar-refractivity contribution in [2.45, 2.75) is 39.3 Å². The number of aliphatic hydroxyl groups is 1. The third-order valence-corrected chi connectivity index (χ3v) is 4.95. The molecule has 0 saturated heterocycles. The van der Waals surface area contributed by atoms with Crippen LogP contribution in [0.3, 0.4) is 0 Å². The first-order valence-corrected chi connectivity index (χ1v) is 7.42. The molecule has 2 aromatic heterocycles. The molecule has 18 heavy (non-hydrogen) atoms. The molecule has 0 aliphatic carbocycles. The highest BCUT2D eigenvalue weighted by Crippen LogP contribution is 2.31. The number of rotatable bonds is 4. The van der Waals surface area contributed by atoms with Crippen molar-refractivity contribution in [2.75, 3.05) is 0 Å². The Morgan fingerprint density at radius 1 is 1.50 bits per heavy atom. The van der Waals surface area contributed by atoms with Crippen LogP contribution in [0.15, 0.2) is 16.9 Å². The van der Waals surface area contributed by atoms with E-state index in [0.717, 1.165) is 15.2 Å². The standard InChI is InChI=1S/C12H16BrN3OS/c1-7(2)16-12(14-6-15-16)5-10(17)11-4-9(13)8(3)18-11/h4,6-7,10,17H,5H2,1-3H3. The Morgan fingerprint density at radius 2 is 2.22 bits per heavy atom. The van der Waals surface area contributed by atoms with Gasteiger partial charge < -0.3 is 5.11 Å². The van der Waals surface area contributed by atoms with E-state index >= 15 is 0 Å². The number of thiophene rings is 1. The van der Waals surface area contributed by atoms with E-state index in [1.165, 1.54) is 11.2 Å². The van der Waals surface area contributed by atoms with Gasteiger partial charge in [0.05, 0.1) is 6.10 Å². The molecule has 0 bridgehead atoms. The third kappa shape index (κ3) is 2.81. The molecule has 6 heteroatoms. The highest BCUT2D eigenvalue weighted by Gasteiger charge is 2.17. The van der Waals surface area contributed by atoms with Crippen LogP contribution in [0.25, 0.3) is 0 Å². The van der Waals surface area contributed by atoms with Crippen molar-refractivity contribution in [3.05, 3.63) is 32.4 Å². The van der Waals surface area contributed by atoms with Gasteiger partial charge in [0.15, 0.2) is 0 Å². The second kappa shape index (κ2) is 5.50. The Balaban J connectivity index is 2.16. The van der Waals surface area contributed by atoms with Gasteiger partial charge in [-0.2, -0.15) is 5.10 Å². The van der Waals surface area contributed by atoms with Gasteiger partial charge in [-0.05, 0) is 42.8 Å². The molecule has 0 aliphatic rings. The summed E-state index contributed by atoms with van der Waals surface area (Å²) in [4.78, 5) is 6.35. The van der Waals surface area contributed by atoms with Crippen molar-refractivity contribution in [3.63, 3.8) is 0 Å². The maximum absolute atomic E-state index is 10.2. The zero-order chi connectivity index (χ0) is 13.3. The van der Waals surface area contributed by atoms with Crippen molar-refractivity contribution < 1.29 is 5.11 Å². The number of hydrogen-bond donors (Lipinski definition) is 1. The summed E-state index contributed by atoms with van der Waals surface area (Å²) in [5.41, 5.74) is 0. The second-order valence-corrected chi connectivity index (χ2v) is 6.63. The smallest absolute Gasteiger partial charge is 0.138 e. The molecule has 0 amide bonds. The molecular formula is C12H16BrN3OS. The van der Waals surface area contributed by atoms with E-state index in [9.17, 15) is 5.11 Å². The van der Waals surface area contributed by atoms with Gasteiger partial charge in [-0.25, -0.2) is 9.67 Å². The van der Waals surface area contributed by atoms with E-state index < -0.39 is 6.10 Å². The highest BCUT2D eigenvalue weighted by atomic mass is 79.9. The number of aliphatic hydroxyl groups excluding tert-OH is 1. The molecular weight excluding hydrogens is 314 g/mol. The average Bonchev–Trinajstić information content (AvgIpc) is 2.87. The van der Waals surface area contributed by atoms with Gasteiger partial charge in [0.25, 0.3) is 0 Å². The molecule has 4 nitrogen and oxygen atoms in total. The minimum atomic E-state index is -0.526. The van der Waals surface area contributed by atoms with Gasteiger partial charge >= 0.3 is 0 Å². The van der Waals surface area contributed by atoms with Crippen LogP contribution < -0.4 is 0 Å². The summed E-state index contributed by atoms with van der Waals surface area (Å²) in [6.45, 7) is 6.13. The first kappa shape index (κ1) is 13.7. The topological polar surface area (TPSA) is 50.9 Å². The maximum Gasteiger partial charge on any atom is 0.138 e.